The third kappa shape index (κ3) is 1.79. The average molecular weight is 219 g/mol. The molecule has 0 fully saturated rings. The molecule has 7 nitrogen and oxygen atoms in total. The van der Waals surface area contributed by atoms with Crippen molar-refractivity contribution in [3.8, 4) is 11.5 Å². The molecule has 0 spiro atoms. The molecule has 0 amide bonds. The SMILES string of the molecule is CCn1nc(C)cc1-c1nc(N)nc(N)n1. The largest absolute Gasteiger partial charge is 0.368 e. The Hall–Kier alpha value is -2.18. The number of nitrogens with zero attached hydrogens (tertiary/aromatic N) is 5. The molecule has 0 saturated carbocycles. The van der Waals surface area contributed by atoms with E-state index in [1.54, 1.807) is 4.68 Å². The van der Waals surface area contributed by atoms with Crippen molar-refractivity contribution in [3.05, 3.63) is 11.8 Å². The Morgan fingerprint density at radius 3 is 2.38 bits per heavy atom. The van der Waals surface area contributed by atoms with Crippen molar-refractivity contribution < 1.29 is 0 Å². The van der Waals surface area contributed by atoms with Crippen molar-refractivity contribution in [3.63, 3.8) is 0 Å². The second-order valence-electron chi connectivity index (χ2n) is 3.36. The van der Waals surface area contributed by atoms with E-state index in [2.05, 4.69) is 20.1 Å². The lowest BCUT2D eigenvalue weighted by Crippen LogP contribution is -2.07. The molecular weight excluding hydrogens is 206 g/mol. The van der Waals surface area contributed by atoms with Crippen molar-refractivity contribution in [2.75, 3.05) is 11.5 Å². The summed E-state index contributed by atoms with van der Waals surface area (Å²) in [5.74, 6) is 0.681. The quantitative estimate of drug-likeness (QED) is 0.748. The van der Waals surface area contributed by atoms with Crippen LogP contribution in [0, 0.1) is 6.92 Å². The number of hydrogen-bond donors (Lipinski definition) is 2. The molecular formula is C9H13N7. The van der Waals surface area contributed by atoms with Crippen LogP contribution in [0.15, 0.2) is 6.07 Å². The predicted molar refractivity (Wildman–Crippen MR) is 60.3 cm³/mol. The van der Waals surface area contributed by atoms with Gasteiger partial charge in [0.15, 0.2) is 5.82 Å². The molecule has 2 rings (SSSR count). The first-order valence-corrected chi connectivity index (χ1v) is 4.92. The topological polar surface area (TPSA) is 109 Å². The first kappa shape index (κ1) is 10.3. The van der Waals surface area contributed by atoms with Crippen molar-refractivity contribution in [2.24, 2.45) is 0 Å². The standard InChI is InChI=1S/C9H13N7/c1-3-16-6(4-5(2)15-16)7-12-8(10)14-9(11)13-7/h4H,3H2,1-2H3,(H4,10,11,12,13,14). The second kappa shape index (κ2) is 3.76. The Labute approximate surface area is 92.5 Å². The van der Waals surface area contributed by atoms with E-state index in [4.69, 9.17) is 11.5 Å². The third-order valence-electron chi connectivity index (χ3n) is 2.10. The number of nitrogen functional groups attached to an aromatic ring is 2. The van der Waals surface area contributed by atoms with Gasteiger partial charge in [-0.05, 0) is 19.9 Å². The molecule has 0 saturated heterocycles. The maximum Gasteiger partial charge on any atom is 0.225 e. The summed E-state index contributed by atoms with van der Waals surface area (Å²) in [5, 5.41) is 4.30. The molecule has 0 aliphatic rings. The summed E-state index contributed by atoms with van der Waals surface area (Å²) in [6.07, 6.45) is 0. The first-order chi connectivity index (χ1) is 7.60. The van der Waals surface area contributed by atoms with Gasteiger partial charge in [-0.25, -0.2) is 0 Å². The molecule has 2 aromatic heterocycles. The van der Waals surface area contributed by atoms with Crippen LogP contribution < -0.4 is 11.5 Å². The lowest BCUT2D eigenvalue weighted by molar-refractivity contribution is 0.657. The molecule has 7 heteroatoms. The van der Waals surface area contributed by atoms with Gasteiger partial charge in [-0.15, -0.1) is 0 Å². The van der Waals surface area contributed by atoms with Crippen LogP contribution in [0.25, 0.3) is 11.5 Å². The van der Waals surface area contributed by atoms with Crippen molar-refractivity contribution >= 4 is 11.9 Å². The van der Waals surface area contributed by atoms with E-state index < -0.39 is 0 Å². The highest BCUT2D eigenvalue weighted by molar-refractivity contribution is 5.53. The molecule has 0 atom stereocenters. The Morgan fingerprint density at radius 1 is 1.19 bits per heavy atom. The maximum atomic E-state index is 5.52. The Bertz CT molecular complexity index is 496. The third-order valence-corrected chi connectivity index (χ3v) is 2.10. The second-order valence-corrected chi connectivity index (χ2v) is 3.36. The number of hydrogen-bond acceptors (Lipinski definition) is 6. The van der Waals surface area contributed by atoms with Gasteiger partial charge in [0.1, 0.15) is 5.69 Å². The van der Waals surface area contributed by atoms with Crippen LogP contribution in [0.2, 0.25) is 0 Å². The number of nitrogens with two attached hydrogens (primary N) is 2. The van der Waals surface area contributed by atoms with Crippen LogP contribution in [0.3, 0.4) is 0 Å². The summed E-state index contributed by atoms with van der Waals surface area (Å²) in [6.45, 7) is 4.63. The van der Waals surface area contributed by atoms with Gasteiger partial charge in [-0.3, -0.25) is 4.68 Å². The van der Waals surface area contributed by atoms with E-state index in [-0.39, 0.29) is 11.9 Å². The molecule has 4 N–H and O–H groups in total. The van der Waals surface area contributed by atoms with Gasteiger partial charge < -0.3 is 11.5 Å². The fraction of sp³-hybridized carbons (Fsp3) is 0.333. The molecule has 0 aromatic carbocycles. The van der Waals surface area contributed by atoms with Crippen LogP contribution >= 0.6 is 0 Å². The van der Waals surface area contributed by atoms with E-state index in [1.165, 1.54) is 0 Å². The number of aryl methyl sites for hydroxylation is 2. The van der Waals surface area contributed by atoms with E-state index in [9.17, 15) is 0 Å². The molecule has 2 heterocycles. The molecule has 0 aliphatic carbocycles. The van der Waals surface area contributed by atoms with Crippen LogP contribution in [0.4, 0.5) is 11.9 Å². The monoisotopic (exact) mass is 219 g/mol. The summed E-state index contributed by atoms with van der Waals surface area (Å²) >= 11 is 0. The summed E-state index contributed by atoms with van der Waals surface area (Å²) in [7, 11) is 0. The number of aromatic nitrogens is 5. The van der Waals surface area contributed by atoms with E-state index >= 15 is 0 Å². The highest BCUT2D eigenvalue weighted by Gasteiger charge is 2.11. The Morgan fingerprint density at radius 2 is 1.81 bits per heavy atom. The fourth-order valence-electron chi connectivity index (χ4n) is 1.49. The number of anilines is 2. The molecule has 0 aliphatic heterocycles. The van der Waals surface area contributed by atoms with E-state index in [0.29, 0.717) is 5.82 Å². The fourth-order valence-corrected chi connectivity index (χ4v) is 1.49. The average Bonchev–Trinajstić information content (AvgIpc) is 2.58. The molecule has 16 heavy (non-hydrogen) atoms. The van der Waals surface area contributed by atoms with Crippen molar-refractivity contribution in [2.45, 2.75) is 20.4 Å². The zero-order valence-electron chi connectivity index (χ0n) is 9.18. The minimum Gasteiger partial charge on any atom is -0.368 e. The molecule has 0 unspecified atom stereocenters. The van der Waals surface area contributed by atoms with Crippen LogP contribution in [-0.4, -0.2) is 24.7 Å². The van der Waals surface area contributed by atoms with Gasteiger partial charge in [0.25, 0.3) is 0 Å². The summed E-state index contributed by atoms with van der Waals surface area (Å²) in [5.41, 5.74) is 12.7. The maximum absolute atomic E-state index is 5.52. The van der Waals surface area contributed by atoms with Gasteiger partial charge in [0.2, 0.25) is 11.9 Å². The zero-order valence-corrected chi connectivity index (χ0v) is 9.18. The number of rotatable bonds is 2. The molecule has 84 valence electrons. The lowest BCUT2D eigenvalue weighted by atomic mass is 10.3. The molecule has 0 radical (unpaired) electrons. The Balaban J connectivity index is 2.57. The van der Waals surface area contributed by atoms with E-state index in [0.717, 1.165) is 17.9 Å². The van der Waals surface area contributed by atoms with Crippen molar-refractivity contribution in [1.29, 1.82) is 0 Å². The van der Waals surface area contributed by atoms with Crippen LogP contribution in [0.1, 0.15) is 12.6 Å². The highest BCUT2D eigenvalue weighted by Crippen LogP contribution is 2.17. The molecule has 2 aromatic rings. The highest BCUT2D eigenvalue weighted by atomic mass is 15.3. The van der Waals surface area contributed by atoms with Crippen molar-refractivity contribution in [1.82, 2.24) is 24.7 Å². The van der Waals surface area contributed by atoms with Gasteiger partial charge in [-0.1, -0.05) is 0 Å². The normalized spacial score (nSPS) is 10.6. The van der Waals surface area contributed by atoms with Gasteiger partial charge in [-0.2, -0.15) is 20.1 Å². The van der Waals surface area contributed by atoms with E-state index in [1.807, 2.05) is 19.9 Å². The van der Waals surface area contributed by atoms with Gasteiger partial charge in [0.05, 0.1) is 5.69 Å². The van der Waals surface area contributed by atoms with Gasteiger partial charge >= 0.3 is 0 Å². The first-order valence-electron chi connectivity index (χ1n) is 4.92. The molecule has 0 bridgehead atoms. The minimum absolute atomic E-state index is 0.115. The Kier molecular flexibility index (Phi) is 2.43. The smallest absolute Gasteiger partial charge is 0.225 e. The minimum atomic E-state index is 0.115. The van der Waals surface area contributed by atoms with Crippen LogP contribution in [0.5, 0.6) is 0 Å². The lowest BCUT2D eigenvalue weighted by Gasteiger charge is -2.03. The summed E-state index contributed by atoms with van der Waals surface area (Å²) in [4.78, 5) is 11.8. The van der Waals surface area contributed by atoms with Gasteiger partial charge in [0, 0.05) is 6.54 Å². The predicted octanol–water partition coefficient (Wildman–Crippen LogP) is 0.228. The summed E-state index contributed by atoms with van der Waals surface area (Å²) in [6, 6.07) is 1.89. The van der Waals surface area contributed by atoms with Crippen LogP contribution in [-0.2, 0) is 6.54 Å². The zero-order chi connectivity index (χ0) is 11.7. The summed E-state index contributed by atoms with van der Waals surface area (Å²) < 4.78 is 1.80.